The summed E-state index contributed by atoms with van der Waals surface area (Å²) in [7, 11) is 0. The lowest BCUT2D eigenvalue weighted by Gasteiger charge is -2.18. The Balaban J connectivity index is 2.44. The number of nitrogen functional groups attached to an aromatic ring is 1. The van der Waals surface area contributed by atoms with Crippen LogP contribution in [0.1, 0.15) is 40.4 Å². The van der Waals surface area contributed by atoms with E-state index in [9.17, 15) is 0 Å². The largest absolute Gasteiger partial charge is 0.491 e. The third-order valence-electron chi connectivity index (χ3n) is 2.92. The van der Waals surface area contributed by atoms with Crippen LogP contribution in [0.4, 0.5) is 5.82 Å². The average Bonchev–Trinajstić information content (AvgIpc) is 2.36. The van der Waals surface area contributed by atoms with Crippen molar-refractivity contribution in [3.63, 3.8) is 0 Å². The Morgan fingerprint density at radius 1 is 1.10 bits per heavy atom. The van der Waals surface area contributed by atoms with E-state index in [-0.39, 0.29) is 11.5 Å². The lowest BCUT2D eigenvalue weighted by atomic mass is 9.95. The first-order chi connectivity index (χ1) is 9.75. The number of hydrogen-bond acceptors (Lipinski definition) is 4. The fraction of sp³-hybridized carbons (Fsp3) is 0.412. The fourth-order valence-corrected chi connectivity index (χ4v) is 1.95. The third-order valence-corrected chi connectivity index (χ3v) is 2.92. The molecule has 1 aromatic carbocycles. The lowest BCUT2D eigenvalue weighted by Crippen LogP contribution is -2.17. The average molecular weight is 285 g/mol. The first-order valence-corrected chi connectivity index (χ1v) is 7.18. The van der Waals surface area contributed by atoms with Gasteiger partial charge in [-0.1, -0.05) is 32.9 Å². The first kappa shape index (κ1) is 15.3. The van der Waals surface area contributed by atoms with Crippen LogP contribution >= 0.6 is 0 Å². The van der Waals surface area contributed by atoms with E-state index in [2.05, 4.69) is 30.7 Å². The van der Waals surface area contributed by atoms with Gasteiger partial charge in [0.2, 0.25) is 0 Å². The zero-order chi connectivity index (χ0) is 15.6. The molecule has 1 heterocycles. The molecule has 0 unspecified atom stereocenters. The number of hydrogen-bond donors (Lipinski definition) is 1. The zero-order valence-corrected chi connectivity index (χ0v) is 13.3. The summed E-state index contributed by atoms with van der Waals surface area (Å²) in [4.78, 5) is 8.99. The molecule has 0 aliphatic heterocycles. The Bertz CT molecular complexity index is 630. The van der Waals surface area contributed by atoms with E-state index in [1.807, 2.05) is 38.1 Å². The van der Waals surface area contributed by atoms with E-state index in [0.717, 1.165) is 22.8 Å². The van der Waals surface area contributed by atoms with Crippen LogP contribution in [-0.2, 0) is 5.41 Å². The number of nitrogens with two attached hydrogens (primary N) is 1. The highest BCUT2D eigenvalue weighted by Gasteiger charge is 2.19. The number of benzene rings is 1. The topological polar surface area (TPSA) is 61.0 Å². The van der Waals surface area contributed by atoms with Gasteiger partial charge < -0.3 is 10.5 Å². The molecule has 0 atom stereocenters. The maximum Gasteiger partial charge on any atom is 0.136 e. The molecule has 0 spiro atoms. The molecular formula is C17H23N3O. The van der Waals surface area contributed by atoms with Crippen molar-refractivity contribution in [2.24, 2.45) is 0 Å². The third kappa shape index (κ3) is 3.94. The van der Waals surface area contributed by atoms with Gasteiger partial charge in [-0.3, -0.25) is 0 Å². The van der Waals surface area contributed by atoms with Gasteiger partial charge in [0.15, 0.2) is 0 Å². The monoisotopic (exact) mass is 285 g/mol. The van der Waals surface area contributed by atoms with E-state index >= 15 is 0 Å². The van der Waals surface area contributed by atoms with Gasteiger partial charge in [-0.2, -0.15) is 0 Å². The van der Waals surface area contributed by atoms with Gasteiger partial charge in [0.1, 0.15) is 17.4 Å². The van der Waals surface area contributed by atoms with E-state index in [1.165, 1.54) is 0 Å². The summed E-state index contributed by atoms with van der Waals surface area (Å²) in [5.74, 6) is 2.06. The van der Waals surface area contributed by atoms with Crippen LogP contribution in [0.5, 0.6) is 5.75 Å². The molecule has 2 aromatic rings. The second-order valence-corrected chi connectivity index (χ2v) is 6.45. The Morgan fingerprint density at radius 2 is 1.81 bits per heavy atom. The van der Waals surface area contributed by atoms with Gasteiger partial charge in [-0.25, -0.2) is 9.97 Å². The minimum atomic E-state index is -0.143. The van der Waals surface area contributed by atoms with E-state index in [0.29, 0.717) is 5.82 Å². The number of rotatable bonds is 3. The minimum absolute atomic E-state index is 0.140. The Hall–Kier alpha value is -2.10. The van der Waals surface area contributed by atoms with Crippen molar-refractivity contribution in [1.82, 2.24) is 9.97 Å². The van der Waals surface area contributed by atoms with Crippen LogP contribution in [0.25, 0.3) is 11.3 Å². The van der Waals surface area contributed by atoms with Crippen LogP contribution in [0, 0.1) is 0 Å². The summed E-state index contributed by atoms with van der Waals surface area (Å²) in [5, 5.41) is 0. The fourth-order valence-electron chi connectivity index (χ4n) is 1.95. The van der Waals surface area contributed by atoms with Crippen molar-refractivity contribution < 1.29 is 4.74 Å². The summed E-state index contributed by atoms with van der Waals surface area (Å²) >= 11 is 0. The Labute approximate surface area is 126 Å². The summed E-state index contributed by atoms with van der Waals surface area (Å²) in [6.45, 7) is 10.2. The number of aromatic nitrogens is 2. The lowest BCUT2D eigenvalue weighted by molar-refractivity contribution is 0.242. The van der Waals surface area contributed by atoms with Crippen LogP contribution in [0.15, 0.2) is 30.3 Å². The molecule has 0 saturated carbocycles. The maximum absolute atomic E-state index is 5.93. The molecule has 0 aliphatic rings. The molecule has 1 aromatic heterocycles. The molecule has 0 saturated heterocycles. The summed E-state index contributed by atoms with van der Waals surface area (Å²) < 4.78 is 5.73. The van der Waals surface area contributed by atoms with Crippen molar-refractivity contribution in [3.8, 4) is 17.0 Å². The van der Waals surface area contributed by atoms with Gasteiger partial charge in [0, 0.05) is 17.0 Å². The van der Waals surface area contributed by atoms with Crippen molar-refractivity contribution in [2.45, 2.75) is 46.1 Å². The van der Waals surface area contributed by atoms with Crippen molar-refractivity contribution in [1.29, 1.82) is 0 Å². The van der Waals surface area contributed by atoms with Crippen LogP contribution in [0.3, 0.4) is 0 Å². The van der Waals surface area contributed by atoms with Gasteiger partial charge in [0.25, 0.3) is 0 Å². The summed E-state index contributed by atoms with van der Waals surface area (Å²) in [6.07, 6.45) is 0.140. The van der Waals surface area contributed by atoms with Gasteiger partial charge in [-0.05, 0) is 26.0 Å². The second-order valence-electron chi connectivity index (χ2n) is 6.45. The van der Waals surface area contributed by atoms with E-state index in [1.54, 1.807) is 6.07 Å². The van der Waals surface area contributed by atoms with Gasteiger partial charge >= 0.3 is 0 Å². The highest BCUT2D eigenvalue weighted by Crippen LogP contribution is 2.27. The molecule has 2 N–H and O–H groups in total. The zero-order valence-electron chi connectivity index (χ0n) is 13.3. The van der Waals surface area contributed by atoms with E-state index in [4.69, 9.17) is 10.5 Å². The molecule has 4 nitrogen and oxygen atoms in total. The molecule has 2 rings (SSSR count). The molecule has 0 bridgehead atoms. The normalized spacial score (nSPS) is 11.7. The van der Waals surface area contributed by atoms with Crippen LogP contribution in [0.2, 0.25) is 0 Å². The first-order valence-electron chi connectivity index (χ1n) is 7.18. The highest BCUT2D eigenvalue weighted by molar-refractivity contribution is 5.63. The SMILES string of the molecule is CC(C)Oc1cccc(-c2cc(N)nc(C(C)(C)C)n2)c1. The standard InChI is InChI=1S/C17H23N3O/c1-11(2)21-13-8-6-7-12(9-13)14-10-15(18)20-16(19-14)17(3,4)5/h6-11H,1-5H3,(H2,18,19,20). The molecule has 0 radical (unpaired) electrons. The number of ether oxygens (including phenoxy) is 1. The van der Waals surface area contributed by atoms with Crippen molar-refractivity contribution >= 4 is 5.82 Å². The molecule has 0 aliphatic carbocycles. The Kier molecular flexibility index (Phi) is 4.16. The van der Waals surface area contributed by atoms with E-state index < -0.39 is 0 Å². The Morgan fingerprint density at radius 3 is 2.43 bits per heavy atom. The quantitative estimate of drug-likeness (QED) is 0.931. The van der Waals surface area contributed by atoms with Gasteiger partial charge in [-0.15, -0.1) is 0 Å². The second kappa shape index (κ2) is 5.72. The summed E-state index contributed by atoms with van der Waals surface area (Å²) in [6, 6.07) is 9.68. The predicted octanol–water partition coefficient (Wildman–Crippen LogP) is 3.81. The highest BCUT2D eigenvalue weighted by atomic mass is 16.5. The molecule has 21 heavy (non-hydrogen) atoms. The maximum atomic E-state index is 5.93. The van der Waals surface area contributed by atoms with Crippen molar-refractivity contribution in [3.05, 3.63) is 36.2 Å². The molecule has 112 valence electrons. The summed E-state index contributed by atoms with van der Waals surface area (Å²) in [5.41, 5.74) is 7.59. The molecular weight excluding hydrogens is 262 g/mol. The van der Waals surface area contributed by atoms with Crippen molar-refractivity contribution in [2.75, 3.05) is 5.73 Å². The predicted molar refractivity (Wildman–Crippen MR) is 86.3 cm³/mol. The number of nitrogens with zero attached hydrogens (tertiary/aromatic N) is 2. The smallest absolute Gasteiger partial charge is 0.136 e. The molecule has 0 fully saturated rings. The van der Waals surface area contributed by atoms with Crippen LogP contribution < -0.4 is 10.5 Å². The number of anilines is 1. The minimum Gasteiger partial charge on any atom is -0.491 e. The molecule has 0 amide bonds. The molecule has 4 heteroatoms. The van der Waals surface area contributed by atoms with Gasteiger partial charge in [0.05, 0.1) is 11.8 Å². The van der Waals surface area contributed by atoms with Crippen LogP contribution in [-0.4, -0.2) is 16.1 Å².